The van der Waals surface area contributed by atoms with E-state index in [1.165, 1.54) is 71.1 Å². The van der Waals surface area contributed by atoms with Crippen LogP contribution >= 0.6 is 24.0 Å². The highest BCUT2D eigenvalue weighted by Crippen LogP contribution is 2.31. The lowest BCUT2D eigenvalue weighted by Crippen LogP contribution is -2.62. The second-order valence-electron chi connectivity index (χ2n) is 10.4. The van der Waals surface area contributed by atoms with Crippen LogP contribution < -0.4 is 10.6 Å². The molecule has 0 aromatic carbocycles. The minimum atomic E-state index is 0. The van der Waals surface area contributed by atoms with Crippen LogP contribution in [-0.2, 0) is 4.79 Å². The molecule has 1 aliphatic carbocycles. The summed E-state index contributed by atoms with van der Waals surface area (Å²) >= 11 is 0. The summed E-state index contributed by atoms with van der Waals surface area (Å²) in [5.74, 6) is 1.57. The monoisotopic (exact) mass is 560 g/mol. The molecule has 0 radical (unpaired) electrons. The molecular weight excluding hydrogens is 515 g/mol. The van der Waals surface area contributed by atoms with Crippen LogP contribution in [0.15, 0.2) is 4.99 Å². The Morgan fingerprint density at radius 1 is 0.969 bits per heavy atom. The number of hydrogen-bond donors (Lipinski definition) is 2. The summed E-state index contributed by atoms with van der Waals surface area (Å²) in [6, 6.07) is 0.306. The van der Waals surface area contributed by atoms with E-state index < -0.39 is 0 Å². The van der Waals surface area contributed by atoms with Crippen molar-refractivity contribution in [2.24, 2.45) is 10.9 Å². The molecule has 8 heteroatoms. The van der Waals surface area contributed by atoms with Crippen LogP contribution in [0.5, 0.6) is 0 Å². The van der Waals surface area contributed by atoms with E-state index >= 15 is 0 Å². The molecule has 1 saturated carbocycles. The smallest absolute Gasteiger partial charge is 0.225 e. The number of hydrogen-bond acceptors (Lipinski definition) is 4. The Morgan fingerprint density at radius 2 is 1.66 bits per heavy atom. The Hall–Kier alpha value is -0.610. The van der Waals surface area contributed by atoms with E-state index in [9.17, 15) is 4.79 Å². The summed E-state index contributed by atoms with van der Waals surface area (Å²) in [5, 5.41) is 7.32. The average Bonchev–Trinajstić information content (AvgIpc) is 3.51. The van der Waals surface area contributed by atoms with Gasteiger partial charge >= 0.3 is 0 Å². The molecule has 4 fully saturated rings. The van der Waals surface area contributed by atoms with E-state index in [0.717, 1.165) is 44.9 Å². The third kappa shape index (κ3) is 6.29. The standard InChI is InChI=1S/C24H44N6O.HI/c1-25-23(27-21-10-15-29(18-21)22(31)20-8-4-5-9-20)26-19-24(11-16-28(2)17-12-24)30-13-6-3-7-14-30;/h20-21H,3-19H2,1-2H3,(H2,25,26,27);1H. The quantitative estimate of drug-likeness (QED) is 0.308. The highest BCUT2D eigenvalue weighted by molar-refractivity contribution is 14.0. The number of carbonyl (C=O) groups is 1. The lowest BCUT2D eigenvalue weighted by Gasteiger charge is -2.50. The summed E-state index contributed by atoms with van der Waals surface area (Å²) in [4.78, 5) is 24.6. The number of rotatable bonds is 5. The molecule has 1 amide bonds. The summed E-state index contributed by atoms with van der Waals surface area (Å²) in [6.07, 6.45) is 12.1. The van der Waals surface area contributed by atoms with Gasteiger partial charge in [0.15, 0.2) is 5.96 Å². The number of likely N-dealkylation sites (tertiary alicyclic amines) is 3. The number of nitrogens with zero attached hydrogens (tertiary/aromatic N) is 4. The normalized spacial score (nSPS) is 27.9. The first-order chi connectivity index (χ1) is 15.1. The van der Waals surface area contributed by atoms with Crippen molar-refractivity contribution in [3.63, 3.8) is 0 Å². The Labute approximate surface area is 212 Å². The number of carbonyl (C=O) groups excluding carboxylic acids is 1. The van der Waals surface area contributed by atoms with E-state index in [-0.39, 0.29) is 35.4 Å². The first-order valence-electron chi connectivity index (χ1n) is 12.8. The third-order valence-corrected chi connectivity index (χ3v) is 8.30. The van der Waals surface area contributed by atoms with Crippen LogP contribution in [0.3, 0.4) is 0 Å². The summed E-state index contributed by atoms with van der Waals surface area (Å²) in [5.41, 5.74) is 0.241. The van der Waals surface area contributed by atoms with Crippen LogP contribution in [0.25, 0.3) is 0 Å². The van der Waals surface area contributed by atoms with Crippen molar-refractivity contribution in [3.8, 4) is 0 Å². The van der Waals surface area contributed by atoms with Crippen molar-refractivity contribution < 1.29 is 4.79 Å². The molecule has 3 aliphatic heterocycles. The number of guanidine groups is 1. The minimum absolute atomic E-state index is 0. The summed E-state index contributed by atoms with van der Waals surface area (Å²) in [7, 11) is 4.11. The molecule has 2 N–H and O–H groups in total. The molecule has 0 aromatic heterocycles. The Balaban J connectivity index is 0.00000289. The van der Waals surface area contributed by atoms with Gasteiger partial charge in [-0.15, -0.1) is 24.0 Å². The Morgan fingerprint density at radius 3 is 2.31 bits per heavy atom. The minimum Gasteiger partial charge on any atom is -0.355 e. The fourth-order valence-electron chi connectivity index (χ4n) is 6.15. The van der Waals surface area contributed by atoms with Gasteiger partial charge in [0.25, 0.3) is 0 Å². The SMILES string of the molecule is CN=C(NCC1(N2CCCCC2)CCN(C)CC1)NC1CCN(C(=O)C2CCCC2)C1.I. The number of piperidine rings is 2. The molecule has 0 aromatic rings. The first kappa shape index (κ1) is 26.0. The zero-order valence-corrected chi connectivity index (χ0v) is 22.6. The second kappa shape index (κ2) is 12.2. The van der Waals surface area contributed by atoms with E-state index in [2.05, 4.69) is 37.4 Å². The largest absolute Gasteiger partial charge is 0.355 e. The molecule has 1 atom stereocenters. The van der Waals surface area contributed by atoms with Crippen LogP contribution in [0.2, 0.25) is 0 Å². The number of aliphatic imine (C=N–C) groups is 1. The van der Waals surface area contributed by atoms with Gasteiger partial charge in [-0.2, -0.15) is 0 Å². The third-order valence-electron chi connectivity index (χ3n) is 8.30. The van der Waals surface area contributed by atoms with Gasteiger partial charge in [0.05, 0.1) is 0 Å². The van der Waals surface area contributed by atoms with E-state index in [1.54, 1.807) is 0 Å². The average molecular weight is 561 g/mol. The maximum atomic E-state index is 12.8. The molecule has 3 saturated heterocycles. The maximum Gasteiger partial charge on any atom is 0.225 e. The molecule has 4 aliphatic rings. The fraction of sp³-hybridized carbons (Fsp3) is 0.917. The van der Waals surface area contributed by atoms with Gasteiger partial charge < -0.3 is 20.4 Å². The Kier molecular flexibility index (Phi) is 9.91. The first-order valence-corrected chi connectivity index (χ1v) is 12.8. The molecule has 0 bridgehead atoms. The maximum absolute atomic E-state index is 12.8. The lowest BCUT2D eigenvalue weighted by atomic mass is 9.84. The van der Waals surface area contributed by atoms with E-state index in [4.69, 9.17) is 0 Å². The van der Waals surface area contributed by atoms with Gasteiger partial charge in [-0.05, 0) is 78.2 Å². The van der Waals surface area contributed by atoms with Gasteiger partial charge in [-0.1, -0.05) is 19.3 Å². The van der Waals surface area contributed by atoms with Crippen LogP contribution in [-0.4, -0.2) is 98.1 Å². The van der Waals surface area contributed by atoms with Crippen molar-refractivity contribution in [1.82, 2.24) is 25.3 Å². The van der Waals surface area contributed by atoms with E-state index in [0.29, 0.717) is 11.9 Å². The molecule has 0 spiro atoms. The van der Waals surface area contributed by atoms with Gasteiger partial charge in [0.1, 0.15) is 0 Å². The van der Waals surface area contributed by atoms with Crippen molar-refractivity contribution in [3.05, 3.63) is 0 Å². The summed E-state index contributed by atoms with van der Waals surface area (Å²) < 4.78 is 0. The molecule has 1 unspecified atom stereocenters. The molecule has 32 heavy (non-hydrogen) atoms. The van der Waals surface area contributed by atoms with Crippen molar-refractivity contribution in [1.29, 1.82) is 0 Å². The van der Waals surface area contributed by atoms with Gasteiger partial charge in [-0.25, -0.2) is 0 Å². The number of amides is 1. The highest BCUT2D eigenvalue weighted by atomic mass is 127. The summed E-state index contributed by atoms with van der Waals surface area (Å²) in [6.45, 7) is 7.47. The van der Waals surface area contributed by atoms with Crippen LogP contribution in [0.1, 0.15) is 64.2 Å². The second-order valence-corrected chi connectivity index (χ2v) is 10.4. The van der Waals surface area contributed by atoms with Crippen molar-refractivity contribution >= 4 is 35.8 Å². The van der Waals surface area contributed by atoms with E-state index in [1.807, 2.05) is 7.05 Å². The Bertz CT molecular complexity index is 624. The molecule has 7 nitrogen and oxygen atoms in total. The topological polar surface area (TPSA) is 63.2 Å². The van der Waals surface area contributed by atoms with Gasteiger partial charge in [0.2, 0.25) is 5.91 Å². The number of nitrogens with one attached hydrogen (secondary N) is 2. The van der Waals surface area contributed by atoms with Crippen molar-refractivity contribution in [2.45, 2.75) is 75.8 Å². The zero-order chi connectivity index (χ0) is 21.7. The fourth-order valence-corrected chi connectivity index (χ4v) is 6.15. The molecular formula is C24H45IN6O. The highest BCUT2D eigenvalue weighted by Gasteiger charge is 2.40. The van der Waals surface area contributed by atoms with Gasteiger partial charge in [-0.3, -0.25) is 14.7 Å². The zero-order valence-electron chi connectivity index (χ0n) is 20.3. The molecule has 3 heterocycles. The van der Waals surface area contributed by atoms with Crippen LogP contribution in [0.4, 0.5) is 0 Å². The van der Waals surface area contributed by atoms with Crippen LogP contribution in [0, 0.1) is 5.92 Å². The number of halogens is 1. The predicted molar refractivity (Wildman–Crippen MR) is 142 cm³/mol. The lowest BCUT2D eigenvalue weighted by molar-refractivity contribution is -0.134. The van der Waals surface area contributed by atoms with Gasteiger partial charge in [0, 0.05) is 44.2 Å². The molecule has 4 rings (SSSR count). The predicted octanol–water partition coefficient (Wildman–Crippen LogP) is 2.51. The van der Waals surface area contributed by atoms with Crippen molar-refractivity contribution in [2.75, 3.05) is 59.9 Å². The molecule has 184 valence electrons.